The van der Waals surface area contributed by atoms with Crippen molar-refractivity contribution in [3.8, 4) is 0 Å². The molecule has 2 aromatic heterocycles. The van der Waals surface area contributed by atoms with Crippen LogP contribution >= 0.6 is 23.6 Å². The maximum atomic E-state index is 9.24. The second-order valence-electron chi connectivity index (χ2n) is 5.09. The maximum Gasteiger partial charge on any atom is 0.198 e. The van der Waals surface area contributed by atoms with Crippen LogP contribution in [0.25, 0.3) is 5.57 Å². The van der Waals surface area contributed by atoms with Crippen LogP contribution in [0.4, 0.5) is 0 Å². The standard InChI is InChI=1S/C14H18N4OS2/c1-16-13(9-19)15-18(14(16)20)10-17-6-4-11(5-7-17)12-3-2-8-21-12/h2-4,8,19H,5-7,9-10H2,1H3. The molecule has 3 heterocycles. The van der Waals surface area contributed by atoms with Crippen LogP contribution in [0.3, 0.4) is 0 Å². The Morgan fingerprint density at radius 3 is 2.90 bits per heavy atom. The number of hydrogen-bond donors (Lipinski definition) is 1. The van der Waals surface area contributed by atoms with Crippen molar-refractivity contribution in [3.05, 3.63) is 39.1 Å². The number of rotatable bonds is 4. The van der Waals surface area contributed by atoms with Gasteiger partial charge in [-0.1, -0.05) is 12.1 Å². The van der Waals surface area contributed by atoms with E-state index in [4.69, 9.17) is 12.2 Å². The van der Waals surface area contributed by atoms with Gasteiger partial charge in [-0.15, -0.1) is 11.3 Å². The second kappa shape index (κ2) is 6.23. The van der Waals surface area contributed by atoms with Gasteiger partial charge in [0.2, 0.25) is 0 Å². The molecule has 0 aromatic carbocycles. The predicted molar refractivity (Wildman–Crippen MR) is 86.4 cm³/mol. The van der Waals surface area contributed by atoms with E-state index in [1.54, 1.807) is 20.6 Å². The molecule has 0 unspecified atom stereocenters. The highest BCUT2D eigenvalue weighted by molar-refractivity contribution is 7.71. The number of aliphatic hydroxyl groups is 1. The molecule has 112 valence electrons. The Bertz CT molecular complexity index is 699. The lowest BCUT2D eigenvalue weighted by atomic mass is 10.1. The Balaban J connectivity index is 1.70. The summed E-state index contributed by atoms with van der Waals surface area (Å²) in [5.74, 6) is 0.604. The zero-order valence-electron chi connectivity index (χ0n) is 11.9. The largest absolute Gasteiger partial charge is 0.388 e. The predicted octanol–water partition coefficient (Wildman–Crippen LogP) is 2.25. The molecule has 0 atom stereocenters. The van der Waals surface area contributed by atoms with Gasteiger partial charge in [-0.25, -0.2) is 4.68 Å². The van der Waals surface area contributed by atoms with Crippen molar-refractivity contribution in [1.82, 2.24) is 19.2 Å². The molecule has 0 fully saturated rings. The lowest BCUT2D eigenvalue weighted by Crippen LogP contribution is -2.31. The van der Waals surface area contributed by atoms with E-state index in [0.29, 0.717) is 17.3 Å². The van der Waals surface area contributed by atoms with Gasteiger partial charge >= 0.3 is 0 Å². The summed E-state index contributed by atoms with van der Waals surface area (Å²) in [6, 6.07) is 4.27. The average Bonchev–Trinajstić information content (AvgIpc) is 3.12. The normalized spacial score (nSPS) is 16.2. The molecule has 1 aliphatic rings. The van der Waals surface area contributed by atoms with Crippen molar-refractivity contribution in [1.29, 1.82) is 0 Å². The van der Waals surface area contributed by atoms with Crippen LogP contribution in [-0.4, -0.2) is 37.4 Å². The molecule has 2 aromatic rings. The van der Waals surface area contributed by atoms with Gasteiger partial charge in [-0.2, -0.15) is 5.10 Å². The van der Waals surface area contributed by atoms with Crippen LogP contribution < -0.4 is 0 Å². The molecule has 0 saturated carbocycles. The van der Waals surface area contributed by atoms with Crippen LogP contribution in [0.1, 0.15) is 17.1 Å². The molecule has 0 amide bonds. The van der Waals surface area contributed by atoms with E-state index in [2.05, 4.69) is 33.6 Å². The smallest absolute Gasteiger partial charge is 0.198 e. The van der Waals surface area contributed by atoms with Gasteiger partial charge in [0.1, 0.15) is 6.61 Å². The SMILES string of the molecule is Cn1c(CO)nn(CN2CC=C(c3cccs3)CC2)c1=S. The van der Waals surface area contributed by atoms with E-state index in [9.17, 15) is 5.11 Å². The average molecular weight is 322 g/mol. The topological polar surface area (TPSA) is 46.2 Å². The zero-order chi connectivity index (χ0) is 14.8. The summed E-state index contributed by atoms with van der Waals surface area (Å²) in [7, 11) is 1.84. The van der Waals surface area contributed by atoms with E-state index >= 15 is 0 Å². The molecule has 0 aliphatic carbocycles. The lowest BCUT2D eigenvalue weighted by Gasteiger charge is -2.25. The van der Waals surface area contributed by atoms with Crippen molar-refractivity contribution in [2.24, 2.45) is 7.05 Å². The van der Waals surface area contributed by atoms with Gasteiger partial charge < -0.3 is 9.67 Å². The van der Waals surface area contributed by atoms with Crippen LogP contribution in [0.2, 0.25) is 0 Å². The van der Waals surface area contributed by atoms with Crippen LogP contribution in [0, 0.1) is 4.77 Å². The first-order chi connectivity index (χ1) is 10.2. The molecular formula is C14H18N4OS2. The summed E-state index contributed by atoms with van der Waals surface area (Å²) in [4.78, 5) is 3.67. The fourth-order valence-corrected chi connectivity index (χ4v) is 3.48. The number of thiophene rings is 1. The minimum atomic E-state index is -0.0877. The first kappa shape index (κ1) is 14.6. The summed E-state index contributed by atoms with van der Waals surface area (Å²) in [6.45, 7) is 2.48. The number of hydrogen-bond acceptors (Lipinski definition) is 5. The summed E-state index contributed by atoms with van der Waals surface area (Å²) in [6.07, 6.45) is 3.34. The quantitative estimate of drug-likeness (QED) is 0.877. The molecule has 7 heteroatoms. The monoisotopic (exact) mass is 322 g/mol. The second-order valence-corrected chi connectivity index (χ2v) is 6.40. The Morgan fingerprint density at radius 1 is 1.48 bits per heavy atom. The molecular weight excluding hydrogens is 304 g/mol. The third kappa shape index (κ3) is 3.01. The van der Waals surface area contributed by atoms with Crippen molar-refractivity contribution in [2.45, 2.75) is 19.7 Å². The molecule has 1 N–H and O–H groups in total. The van der Waals surface area contributed by atoms with E-state index in [0.717, 1.165) is 19.5 Å². The molecule has 21 heavy (non-hydrogen) atoms. The van der Waals surface area contributed by atoms with E-state index < -0.39 is 0 Å². The fraction of sp³-hybridized carbons (Fsp3) is 0.429. The van der Waals surface area contributed by atoms with Crippen molar-refractivity contribution in [2.75, 3.05) is 13.1 Å². The fourth-order valence-electron chi connectivity index (χ4n) is 2.48. The summed E-state index contributed by atoms with van der Waals surface area (Å²) >= 11 is 7.14. The van der Waals surface area contributed by atoms with E-state index in [1.807, 2.05) is 7.05 Å². The lowest BCUT2D eigenvalue weighted by molar-refractivity contribution is 0.223. The van der Waals surface area contributed by atoms with Gasteiger partial charge in [0.25, 0.3) is 0 Å². The molecule has 5 nitrogen and oxygen atoms in total. The van der Waals surface area contributed by atoms with Gasteiger partial charge in [0, 0.05) is 25.0 Å². The first-order valence-electron chi connectivity index (χ1n) is 6.88. The number of aromatic nitrogens is 3. The molecule has 3 rings (SSSR count). The summed E-state index contributed by atoms with van der Waals surface area (Å²) in [5, 5.41) is 15.7. The number of nitrogens with zero attached hydrogens (tertiary/aromatic N) is 4. The van der Waals surface area contributed by atoms with Crippen LogP contribution in [0.15, 0.2) is 23.6 Å². The minimum Gasteiger partial charge on any atom is -0.388 e. The molecule has 0 bridgehead atoms. The van der Waals surface area contributed by atoms with Crippen molar-refractivity contribution in [3.63, 3.8) is 0 Å². The van der Waals surface area contributed by atoms with E-state index in [-0.39, 0.29) is 6.61 Å². The maximum absolute atomic E-state index is 9.24. The first-order valence-corrected chi connectivity index (χ1v) is 8.16. The molecule has 1 aliphatic heterocycles. The van der Waals surface area contributed by atoms with Crippen LogP contribution in [-0.2, 0) is 20.3 Å². The summed E-state index contributed by atoms with van der Waals surface area (Å²) in [5.41, 5.74) is 1.43. The molecule has 0 saturated heterocycles. The third-order valence-corrected chi connectivity index (χ3v) is 5.17. The Morgan fingerprint density at radius 2 is 2.33 bits per heavy atom. The van der Waals surface area contributed by atoms with Gasteiger partial charge in [0.15, 0.2) is 10.6 Å². The van der Waals surface area contributed by atoms with Gasteiger partial charge in [0.05, 0.1) is 6.67 Å². The molecule has 0 radical (unpaired) electrons. The highest BCUT2D eigenvalue weighted by Crippen LogP contribution is 2.26. The molecule has 0 spiro atoms. The van der Waals surface area contributed by atoms with E-state index in [1.165, 1.54) is 10.5 Å². The van der Waals surface area contributed by atoms with Crippen molar-refractivity contribution < 1.29 is 5.11 Å². The summed E-state index contributed by atoms with van der Waals surface area (Å²) < 4.78 is 4.18. The van der Waals surface area contributed by atoms with Gasteiger partial charge in [-0.3, -0.25) is 4.90 Å². The number of aliphatic hydroxyl groups excluding tert-OH is 1. The Kier molecular flexibility index (Phi) is 4.34. The Hall–Kier alpha value is -1.28. The highest BCUT2D eigenvalue weighted by atomic mass is 32.1. The third-order valence-electron chi connectivity index (χ3n) is 3.74. The Labute approximate surface area is 132 Å². The minimum absolute atomic E-state index is 0.0877. The van der Waals surface area contributed by atoms with Gasteiger partial charge in [-0.05, 0) is 35.7 Å². The highest BCUT2D eigenvalue weighted by Gasteiger charge is 2.15. The zero-order valence-corrected chi connectivity index (χ0v) is 13.5. The van der Waals surface area contributed by atoms with Crippen molar-refractivity contribution >= 4 is 29.1 Å². The van der Waals surface area contributed by atoms with Crippen LogP contribution in [0.5, 0.6) is 0 Å².